The van der Waals surface area contributed by atoms with Crippen LogP contribution in [0.2, 0.25) is 0 Å². The van der Waals surface area contributed by atoms with Crippen LogP contribution in [0.15, 0.2) is 42.5 Å². The minimum Gasteiger partial charge on any atom is -0.326 e. The molecule has 0 radical (unpaired) electrons. The highest BCUT2D eigenvalue weighted by Gasteiger charge is 2.16. The van der Waals surface area contributed by atoms with Gasteiger partial charge in [-0.2, -0.15) is 0 Å². The van der Waals surface area contributed by atoms with Crippen LogP contribution < -0.4 is 5.73 Å². The molecule has 20 heavy (non-hydrogen) atoms. The summed E-state index contributed by atoms with van der Waals surface area (Å²) < 4.78 is 13.4. The van der Waals surface area contributed by atoms with Crippen molar-refractivity contribution in [2.24, 2.45) is 5.73 Å². The van der Waals surface area contributed by atoms with E-state index in [9.17, 15) is 4.39 Å². The molecule has 1 aliphatic rings. The molecule has 0 amide bonds. The largest absolute Gasteiger partial charge is 0.326 e. The Hall–Kier alpha value is -1.71. The van der Waals surface area contributed by atoms with Crippen molar-refractivity contribution in [1.82, 2.24) is 4.90 Å². The predicted molar refractivity (Wildman–Crippen MR) is 78.6 cm³/mol. The maximum absolute atomic E-state index is 13.4. The Labute approximate surface area is 119 Å². The zero-order valence-corrected chi connectivity index (χ0v) is 11.5. The molecule has 3 rings (SSSR count). The summed E-state index contributed by atoms with van der Waals surface area (Å²) in [6.45, 7) is 3.16. The summed E-state index contributed by atoms with van der Waals surface area (Å²) in [6, 6.07) is 13.4. The molecule has 0 unspecified atom stereocenters. The van der Waals surface area contributed by atoms with Crippen LogP contribution in [0, 0.1) is 5.82 Å². The molecule has 0 spiro atoms. The van der Waals surface area contributed by atoms with E-state index in [2.05, 4.69) is 29.2 Å². The molecule has 0 aromatic heterocycles. The molecule has 0 atom stereocenters. The van der Waals surface area contributed by atoms with E-state index in [-0.39, 0.29) is 5.82 Å². The first-order chi connectivity index (χ1) is 9.76. The van der Waals surface area contributed by atoms with Gasteiger partial charge in [0.25, 0.3) is 0 Å². The Bertz CT molecular complexity index is 610. The van der Waals surface area contributed by atoms with Crippen LogP contribution in [-0.2, 0) is 26.1 Å². The van der Waals surface area contributed by atoms with Gasteiger partial charge in [0.1, 0.15) is 5.82 Å². The number of hydrogen-bond donors (Lipinski definition) is 1. The SMILES string of the molecule is NCc1ccc(F)cc1CN1CCc2ccccc2C1. The number of rotatable bonds is 3. The first-order valence-corrected chi connectivity index (χ1v) is 7.03. The van der Waals surface area contributed by atoms with Gasteiger partial charge in [-0.15, -0.1) is 0 Å². The number of nitrogens with zero attached hydrogens (tertiary/aromatic N) is 1. The molecular formula is C17H19FN2. The van der Waals surface area contributed by atoms with E-state index in [1.54, 1.807) is 12.1 Å². The topological polar surface area (TPSA) is 29.3 Å². The number of hydrogen-bond acceptors (Lipinski definition) is 2. The van der Waals surface area contributed by atoms with E-state index in [1.165, 1.54) is 17.2 Å². The average Bonchev–Trinajstić information content (AvgIpc) is 2.47. The van der Waals surface area contributed by atoms with E-state index in [4.69, 9.17) is 5.73 Å². The van der Waals surface area contributed by atoms with Crippen LogP contribution >= 0.6 is 0 Å². The van der Waals surface area contributed by atoms with Crippen molar-refractivity contribution in [1.29, 1.82) is 0 Å². The molecule has 2 N–H and O–H groups in total. The lowest BCUT2D eigenvalue weighted by Gasteiger charge is -2.29. The second-order valence-electron chi connectivity index (χ2n) is 5.35. The van der Waals surface area contributed by atoms with Gasteiger partial charge in [0, 0.05) is 26.2 Å². The van der Waals surface area contributed by atoms with E-state index in [0.29, 0.717) is 6.54 Å². The second kappa shape index (κ2) is 5.73. The predicted octanol–water partition coefficient (Wildman–Crippen LogP) is 2.84. The van der Waals surface area contributed by atoms with E-state index < -0.39 is 0 Å². The second-order valence-corrected chi connectivity index (χ2v) is 5.35. The monoisotopic (exact) mass is 270 g/mol. The minimum absolute atomic E-state index is 0.186. The summed E-state index contributed by atoms with van der Waals surface area (Å²) in [5.41, 5.74) is 10.6. The zero-order chi connectivity index (χ0) is 13.9. The third kappa shape index (κ3) is 2.74. The fourth-order valence-corrected chi connectivity index (χ4v) is 2.87. The molecule has 0 fully saturated rings. The molecule has 3 heteroatoms. The summed E-state index contributed by atoms with van der Waals surface area (Å²) in [6.07, 6.45) is 1.06. The Morgan fingerprint density at radius 2 is 1.85 bits per heavy atom. The zero-order valence-electron chi connectivity index (χ0n) is 11.5. The highest BCUT2D eigenvalue weighted by molar-refractivity contribution is 5.31. The molecule has 0 saturated heterocycles. The molecule has 2 nitrogen and oxygen atoms in total. The normalized spacial score (nSPS) is 15.1. The van der Waals surface area contributed by atoms with Crippen LogP contribution in [0.3, 0.4) is 0 Å². The standard InChI is InChI=1S/C17H19FN2/c18-17-6-5-14(10-19)16(9-17)12-20-8-7-13-3-1-2-4-15(13)11-20/h1-6,9H,7-8,10-12,19H2. The first kappa shape index (κ1) is 13.3. The summed E-state index contributed by atoms with van der Waals surface area (Å²) in [5, 5.41) is 0. The Balaban J connectivity index is 1.78. The molecule has 2 aromatic carbocycles. The van der Waals surface area contributed by atoms with Crippen molar-refractivity contribution in [3.8, 4) is 0 Å². The van der Waals surface area contributed by atoms with Crippen LogP contribution in [0.4, 0.5) is 4.39 Å². The summed E-state index contributed by atoms with van der Waals surface area (Å²) in [4.78, 5) is 2.36. The fraction of sp³-hybridized carbons (Fsp3) is 0.294. The number of halogens is 1. The molecule has 1 aliphatic heterocycles. The van der Waals surface area contributed by atoms with Gasteiger partial charge in [-0.1, -0.05) is 30.3 Å². The molecule has 0 bridgehead atoms. The lowest BCUT2D eigenvalue weighted by Crippen LogP contribution is -2.30. The average molecular weight is 270 g/mol. The number of nitrogens with two attached hydrogens (primary N) is 1. The molecular weight excluding hydrogens is 251 g/mol. The molecule has 0 aliphatic carbocycles. The van der Waals surface area contributed by atoms with Crippen LogP contribution in [0.5, 0.6) is 0 Å². The first-order valence-electron chi connectivity index (χ1n) is 7.03. The molecule has 1 heterocycles. The fourth-order valence-electron chi connectivity index (χ4n) is 2.87. The van der Waals surface area contributed by atoms with Gasteiger partial charge in [0.05, 0.1) is 0 Å². The van der Waals surface area contributed by atoms with E-state index >= 15 is 0 Å². The van der Waals surface area contributed by atoms with Gasteiger partial charge in [-0.3, -0.25) is 4.90 Å². The smallest absolute Gasteiger partial charge is 0.123 e. The maximum atomic E-state index is 13.4. The lowest BCUT2D eigenvalue weighted by molar-refractivity contribution is 0.244. The molecule has 0 saturated carbocycles. The van der Waals surface area contributed by atoms with Gasteiger partial charge in [-0.05, 0) is 40.8 Å². The Kier molecular flexibility index (Phi) is 3.81. The Morgan fingerprint density at radius 1 is 1.05 bits per heavy atom. The minimum atomic E-state index is -0.186. The quantitative estimate of drug-likeness (QED) is 0.929. The van der Waals surface area contributed by atoms with Gasteiger partial charge in [0.15, 0.2) is 0 Å². The number of fused-ring (bicyclic) bond motifs is 1. The molecule has 2 aromatic rings. The highest BCUT2D eigenvalue weighted by Crippen LogP contribution is 2.21. The van der Waals surface area contributed by atoms with Crippen molar-refractivity contribution >= 4 is 0 Å². The van der Waals surface area contributed by atoms with Crippen molar-refractivity contribution in [2.75, 3.05) is 6.54 Å². The van der Waals surface area contributed by atoms with Gasteiger partial charge in [-0.25, -0.2) is 4.39 Å². The third-order valence-corrected chi connectivity index (χ3v) is 3.99. The van der Waals surface area contributed by atoms with Crippen molar-refractivity contribution < 1.29 is 4.39 Å². The van der Waals surface area contributed by atoms with Crippen LogP contribution in [-0.4, -0.2) is 11.4 Å². The van der Waals surface area contributed by atoms with Gasteiger partial charge < -0.3 is 5.73 Å². The summed E-state index contributed by atoms with van der Waals surface area (Å²) in [7, 11) is 0. The van der Waals surface area contributed by atoms with Gasteiger partial charge in [0.2, 0.25) is 0 Å². The van der Waals surface area contributed by atoms with E-state index in [1.807, 2.05) is 0 Å². The lowest BCUT2D eigenvalue weighted by atomic mass is 9.99. The summed E-state index contributed by atoms with van der Waals surface area (Å²) in [5.74, 6) is -0.186. The van der Waals surface area contributed by atoms with Crippen molar-refractivity contribution in [2.45, 2.75) is 26.1 Å². The third-order valence-electron chi connectivity index (χ3n) is 3.99. The maximum Gasteiger partial charge on any atom is 0.123 e. The number of benzene rings is 2. The van der Waals surface area contributed by atoms with Crippen LogP contribution in [0.1, 0.15) is 22.3 Å². The van der Waals surface area contributed by atoms with Gasteiger partial charge >= 0.3 is 0 Å². The van der Waals surface area contributed by atoms with Crippen molar-refractivity contribution in [3.63, 3.8) is 0 Å². The summed E-state index contributed by atoms with van der Waals surface area (Å²) >= 11 is 0. The van der Waals surface area contributed by atoms with Crippen LogP contribution in [0.25, 0.3) is 0 Å². The van der Waals surface area contributed by atoms with E-state index in [0.717, 1.165) is 37.2 Å². The highest BCUT2D eigenvalue weighted by atomic mass is 19.1. The Morgan fingerprint density at radius 3 is 2.65 bits per heavy atom. The molecule has 104 valence electrons. The van der Waals surface area contributed by atoms with Crippen molar-refractivity contribution in [3.05, 3.63) is 70.5 Å².